The minimum Gasteiger partial charge on any atom is -0.508 e. The van der Waals surface area contributed by atoms with E-state index in [1.54, 1.807) is 49.4 Å². The Hall–Kier alpha value is -4.51. The van der Waals surface area contributed by atoms with E-state index in [-0.39, 0.29) is 24.3 Å². The van der Waals surface area contributed by atoms with Gasteiger partial charge in [0, 0.05) is 43.9 Å². The van der Waals surface area contributed by atoms with Crippen molar-refractivity contribution in [3.05, 3.63) is 95.1 Å². The van der Waals surface area contributed by atoms with Gasteiger partial charge in [0.1, 0.15) is 11.8 Å². The van der Waals surface area contributed by atoms with Crippen molar-refractivity contribution in [1.29, 1.82) is 0 Å². The van der Waals surface area contributed by atoms with Gasteiger partial charge < -0.3 is 30.6 Å². The van der Waals surface area contributed by atoms with E-state index in [9.17, 15) is 33.4 Å². The molecule has 1 saturated heterocycles. The SMILES string of the molecule is Cc1c(O)cccc1C(=O)N[C@@H](Cc1ccccc1)[C@H](O)C(=O)N1CC(F)(F)C[C@H]1C(=O)NCc1ccc(N(C)C)cc1. The Morgan fingerprint density at radius 2 is 1.67 bits per heavy atom. The first-order chi connectivity index (χ1) is 20.4. The summed E-state index contributed by atoms with van der Waals surface area (Å²) >= 11 is 0. The number of amides is 3. The number of anilines is 1. The van der Waals surface area contributed by atoms with E-state index in [1.807, 2.05) is 31.1 Å². The second-order valence-electron chi connectivity index (χ2n) is 11.0. The summed E-state index contributed by atoms with van der Waals surface area (Å²) in [4.78, 5) is 42.4. The van der Waals surface area contributed by atoms with Gasteiger partial charge in [-0.15, -0.1) is 0 Å². The Kier molecular flexibility index (Phi) is 9.65. The number of nitrogens with one attached hydrogen (secondary N) is 2. The van der Waals surface area contributed by atoms with E-state index in [0.717, 1.165) is 11.3 Å². The van der Waals surface area contributed by atoms with Gasteiger partial charge in [0.15, 0.2) is 6.10 Å². The predicted molar refractivity (Wildman–Crippen MR) is 158 cm³/mol. The lowest BCUT2D eigenvalue weighted by atomic mass is 9.98. The molecule has 1 heterocycles. The number of phenols is 1. The molecule has 0 spiro atoms. The molecule has 1 aliphatic heterocycles. The molecular formula is C32H36F2N4O5. The van der Waals surface area contributed by atoms with Gasteiger partial charge in [-0.05, 0) is 48.7 Å². The predicted octanol–water partition coefficient (Wildman–Crippen LogP) is 3.02. The standard InChI is InChI=1S/C32H36F2N4O5/c1-20-24(10-7-11-27(20)39)29(41)36-25(16-21-8-5-4-6-9-21)28(40)31(43)38-19-32(33,34)17-26(38)30(42)35-18-22-12-14-23(15-13-22)37(2)3/h4-15,25-26,28,39-40H,16-19H2,1-3H3,(H,35,42)(H,36,41)/t25-,26-,28-/m0/s1. The fourth-order valence-corrected chi connectivity index (χ4v) is 5.07. The van der Waals surface area contributed by atoms with Crippen LogP contribution in [0.5, 0.6) is 5.75 Å². The number of phenolic OH excluding ortho intramolecular Hbond substituents is 1. The van der Waals surface area contributed by atoms with Crippen LogP contribution in [0, 0.1) is 6.92 Å². The molecule has 3 amide bonds. The molecule has 0 aromatic heterocycles. The van der Waals surface area contributed by atoms with Crippen LogP contribution >= 0.6 is 0 Å². The summed E-state index contributed by atoms with van der Waals surface area (Å²) < 4.78 is 29.2. The summed E-state index contributed by atoms with van der Waals surface area (Å²) in [6.07, 6.45) is -2.83. The number of likely N-dealkylation sites (tertiary alicyclic amines) is 1. The summed E-state index contributed by atoms with van der Waals surface area (Å²) in [5, 5.41) is 26.5. The van der Waals surface area contributed by atoms with Crippen molar-refractivity contribution < 1.29 is 33.4 Å². The van der Waals surface area contributed by atoms with E-state index in [1.165, 1.54) is 18.2 Å². The van der Waals surface area contributed by atoms with Gasteiger partial charge in [-0.2, -0.15) is 0 Å². The van der Waals surface area contributed by atoms with E-state index in [2.05, 4.69) is 10.6 Å². The van der Waals surface area contributed by atoms with Crippen LogP contribution in [-0.2, 0) is 22.6 Å². The van der Waals surface area contributed by atoms with Crippen molar-refractivity contribution in [2.24, 2.45) is 0 Å². The fraction of sp³-hybridized carbons (Fsp3) is 0.344. The normalized spacial score (nSPS) is 17.2. The molecule has 3 aromatic rings. The van der Waals surface area contributed by atoms with Gasteiger partial charge in [-0.1, -0.05) is 48.5 Å². The average Bonchev–Trinajstić information content (AvgIpc) is 3.32. The molecule has 9 nitrogen and oxygen atoms in total. The molecule has 0 aliphatic carbocycles. The fourth-order valence-electron chi connectivity index (χ4n) is 5.07. The van der Waals surface area contributed by atoms with E-state index in [0.29, 0.717) is 16.0 Å². The molecule has 43 heavy (non-hydrogen) atoms. The highest BCUT2D eigenvalue weighted by Gasteiger charge is 2.51. The lowest BCUT2D eigenvalue weighted by molar-refractivity contribution is -0.147. The van der Waals surface area contributed by atoms with Crippen LogP contribution in [0.2, 0.25) is 0 Å². The maximum absolute atomic E-state index is 14.6. The molecule has 1 fully saturated rings. The third kappa shape index (κ3) is 7.66. The lowest BCUT2D eigenvalue weighted by Crippen LogP contribution is -2.55. The molecule has 0 unspecified atom stereocenters. The van der Waals surface area contributed by atoms with Crippen molar-refractivity contribution in [3.63, 3.8) is 0 Å². The second-order valence-corrected chi connectivity index (χ2v) is 11.0. The zero-order valence-electron chi connectivity index (χ0n) is 24.3. The largest absolute Gasteiger partial charge is 0.508 e. The zero-order chi connectivity index (χ0) is 31.3. The summed E-state index contributed by atoms with van der Waals surface area (Å²) in [5.74, 6) is -5.98. The monoisotopic (exact) mass is 594 g/mol. The quantitative estimate of drug-likeness (QED) is 0.286. The molecule has 4 rings (SSSR count). The number of carbonyl (C=O) groups excluding carboxylic acids is 3. The Bertz CT molecular complexity index is 1450. The molecular weight excluding hydrogens is 558 g/mol. The number of hydrogen-bond acceptors (Lipinski definition) is 6. The maximum Gasteiger partial charge on any atom is 0.267 e. The summed E-state index contributed by atoms with van der Waals surface area (Å²) in [6, 6.07) is 17.7. The van der Waals surface area contributed by atoms with Gasteiger partial charge in [0.2, 0.25) is 5.91 Å². The van der Waals surface area contributed by atoms with Crippen LogP contribution < -0.4 is 15.5 Å². The Labute approximate surface area is 249 Å². The molecule has 0 saturated carbocycles. The van der Waals surface area contributed by atoms with Crippen molar-refractivity contribution in [3.8, 4) is 5.75 Å². The number of aliphatic hydroxyl groups excluding tert-OH is 1. The maximum atomic E-state index is 14.6. The number of aliphatic hydroxyl groups is 1. The minimum absolute atomic E-state index is 0.00138. The number of aromatic hydroxyl groups is 1. The number of alkyl halides is 2. The Balaban J connectivity index is 1.52. The average molecular weight is 595 g/mol. The molecule has 3 atom stereocenters. The smallest absolute Gasteiger partial charge is 0.267 e. The molecule has 228 valence electrons. The lowest BCUT2D eigenvalue weighted by Gasteiger charge is -2.30. The topological polar surface area (TPSA) is 122 Å². The highest BCUT2D eigenvalue weighted by molar-refractivity contribution is 5.97. The molecule has 3 aromatic carbocycles. The van der Waals surface area contributed by atoms with E-state index < -0.39 is 54.8 Å². The number of nitrogens with zero attached hydrogens (tertiary/aromatic N) is 2. The number of carbonyl (C=O) groups is 3. The highest BCUT2D eigenvalue weighted by Crippen LogP contribution is 2.33. The summed E-state index contributed by atoms with van der Waals surface area (Å²) in [5.41, 5.74) is 2.79. The first-order valence-electron chi connectivity index (χ1n) is 13.9. The molecule has 0 bridgehead atoms. The van der Waals surface area contributed by atoms with Crippen LogP contribution in [-0.4, -0.2) is 77.6 Å². The van der Waals surface area contributed by atoms with Gasteiger partial charge >= 0.3 is 0 Å². The summed E-state index contributed by atoms with van der Waals surface area (Å²) in [7, 11) is 3.78. The number of halogens is 2. The Morgan fingerprint density at radius 1 is 1.00 bits per heavy atom. The van der Waals surface area contributed by atoms with Crippen molar-refractivity contribution in [2.45, 2.75) is 50.4 Å². The first kappa shape index (κ1) is 31.4. The van der Waals surface area contributed by atoms with Crippen molar-refractivity contribution in [1.82, 2.24) is 15.5 Å². The summed E-state index contributed by atoms with van der Waals surface area (Å²) in [6.45, 7) is 0.565. The van der Waals surface area contributed by atoms with Crippen LogP contribution in [0.3, 0.4) is 0 Å². The molecule has 4 N–H and O–H groups in total. The molecule has 11 heteroatoms. The second kappa shape index (κ2) is 13.2. The number of rotatable bonds is 10. The van der Waals surface area contributed by atoms with Crippen LogP contribution in [0.15, 0.2) is 72.8 Å². The van der Waals surface area contributed by atoms with Crippen molar-refractivity contribution >= 4 is 23.4 Å². The van der Waals surface area contributed by atoms with E-state index >= 15 is 0 Å². The zero-order valence-corrected chi connectivity index (χ0v) is 24.3. The van der Waals surface area contributed by atoms with Crippen LogP contribution in [0.4, 0.5) is 14.5 Å². The van der Waals surface area contributed by atoms with Crippen LogP contribution in [0.1, 0.15) is 33.5 Å². The first-order valence-corrected chi connectivity index (χ1v) is 13.9. The number of benzene rings is 3. The molecule has 0 radical (unpaired) electrons. The van der Waals surface area contributed by atoms with Gasteiger partial charge in [0.25, 0.3) is 17.7 Å². The van der Waals surface area contributed by atoms with Gasteiger partial charge in [0.05, 0.1) is 12.6 Å². The van der Waals surface area contributed by atoms with E-state index in [4.69, 9.17) is 0 Å². The third-order valence-corrected chi connectivity index (χ3v) is 7.57. The van der Waals surface area contributed by atoms with Crippen molar-refractivity contribution in [2.75, 3.05) is 25.5 Å². The highest BCUT2D eigenvalue weighted by atomic mass is 19.3. The third-order valence-electron chi connectivity index (χ3n) is 7.57. The van der Waals surface area contributed by atoms with Crippen LogP contribution in [0.25, 0.3) is 0 Å². The minimum atomic E-state index is -3.35. The van der Waals surface area contributed by atoms with Gasteiger partial charge in [-0.25, -0.2) is 8.78 Å². The Morgan fingerprint density at radius 3 is 2.33 bits per heavy atom. The molecule has 1 aliphatic rings. The van der Waals surface area contributed by atoms with Gasteiger partial charge in [-0.3, -0.25) is 14.4 Å². The number of hydrogen-bond donors (Lipinski definition) is 4.